The molecule has 1 saturated heterocycles. The van der Waals surface area contributed by atoms with Gasteiger partial charge in [-0.05, 0) is 47.3 Å². The van der Waals surface area contributed by atoms with E-state index < -0.39 is 29.5 Å². The maximum absolute atomic E-state index is 15.0. The number of aliphatic imine (C=N–C) groups is 1. The second-order valence-electron chi connectivity index (χ2n) is 7.62. The van der Waals surface area contributed by atoms with Gasteiger partial charge < -0.3 is 31.0 Å². The number of amidine groups is 1. The molecule has 3 N–H and O–H groups in total. The second-order valence-corrected chi connectivity index (χ2v) is 7.62. The summed E-state index contributed by atoms with van der Waals surface area (Å²) in [6, 6.07) is 7.24. The van der Waals surface area contributed by atoms with Crippen molar-refractivity contribution < 1.29 is 23.1 Å². The Hall–Kier alpha value is -4.06. The largest absolute Gasteiger partial charge is 0.493 e. The van der Waals surface area contributed by atoms with Crippen LogP contribution in [-0.4, -0.2) is 48.1 Å². The third-order valence-electron chi connectivity index (χ3n) is 5.49. The molecule has 1 atom stereocenters. The van der Waals surface area contributed by atoms with Gasteiger partial charge in [0, 0.05) is 31.3 Å². The Bertz CT molecular complexity index is 1180. The van der Waals surface area contributed by atoms with Crippen LogP contribution in [0.15, 0.2) is 46.5 Å². The molecule has 3 amide bonds. The first kappa shape index (κ1) is 20.8. The maximum atomic E-state index is 15.0. The third-order valence-corrected chi connectivity index (χ3v) is 5.49. The van der Waals surface area contributed by atoms with E-state index in [4.69, 9.17) is 4.74 Å². The van der Waals surface area contributed by atoms with Crippen LogP contribution >= 0.6 is 0 Å². The highest BCUT2D eigenvalue weighted by Crippen LogP contribution is 2.35. The summed E-state index contributed by atoms with van der Waals surface area (Å²) < 4.78 is 33.5. The highest BCUT2D eigenvalue weighted by Gasteiger charge is 2.40. The number of hydrazine groups is 1. The highest BCUT2D eigenvalue weighted by molar-refractivity contribution is 6.44. The van der Waals surface area contributed by atoms with E-state index in [1.54, 1.807) is 6.07 Å². The number of likely N-dealkylation sites (tertiary alicyclic amines) is 1. The van der Waals surface area contributed by atoms with Crippen molar-refractivity contribution >= 4 is 29.2 Å². The number of nitrogens with one attached hydrogen (secondary N) is 3. The summed E-state index contributed by atoms with van der Waals surface area (Å²) in [6.45, 7) is 0.590. The van der Waals surface area contributed by atoms with Gasteiger partial charge in [-0.2, -0.15) is 4.99 Å². The molecule has 12 heteroatoms. The molecular weight excluding hydrogens is 436 g/mol. The number of hydrogen-bond donors (Lipinski definition) is 3. The van der Waals surface area contributed by atoms with E-state index in [0.29, 0.717) is 30.3 Å². The predicted molar refractivity (Wildman–Crippen MR) is 115 cm³/mol. The molecule has 0 spiro atoms. The molecule has 0 bridgehead atoms. The third kappa shape index (κ3) is 4.20. The molecule has 3 aliphatic heterocycles. The van der Waals surface area contributed by atoms with E-state index in [1.165, 1.54) is 35.2 Å². The minimum absolute atomic E-state index is 0.0452. The first-order chi connectivity index (χ1) is 16.0. The molecule has 3 aliphatic rings. The molecule has 170 valence electrons. The molecular formula is C21H18F2N7O3-. The lowest BCUT2D eigenvalue weighted by Gasteiger charge is -2.19. The zero-order chi connectivity index (χ0) is 22.9. The number of anilines is 1. The van der Waals surface area contributed by atoms with E-state index in [1.807, 2.05) is 0 Å². The Balaban J connectivity index is 1.46. The number of amides is 3. The van der Waals surface area contributed by atoms with Gasteiger partial charge in [0.25, 0.3) is 5.91 Å². The monoisotopic (exact) mass is 454 g/mol. The van der Waals surface area contributed by atoms with E-state index in [0.717, 1.165) is 5.56 Å². The van der Waals surface area contributed by atoms with E-state index in [9.17, 15) is 18.4 Å². The van der Waals surface area contributed by atoms with Crippen LogP contribution < -0.4 is 21.1 Å². The second kappa shape index (κ2) is 8.47. The van der Waals surface area contributed by atoms with Gasteiger partial charge >= 0.3 is 6.03 Å². The maximum Gasteiger partial charge on any atom is 0.345 e. The molecule has 0 aromatic heterocycles. The SMILES string of the molecule is O=C(N=C1C(=O)N(CC2=NNN[N-]2)C[C@H]1c1cc2c(cc1F)OCC2)Nc1ccc(F)cc1. The van der Waals surface area contributed by atoms with Crippen LogP contribution in [-0.2, 0) is 11.2 Å². The van der Waals surface area contributed by atoms with Gasteiger partial charge in [0.15, 0.2) is 0 Å². The van der Waals surface area contributed by atoms with Crippen LogP contribution in [0.5, 0.6) is 5.75 Å². The number of carbonyl (C=O) groups is 2. The topological polar surface area (TPSA) is 122 Å². The van der Waals surface area contributed by atoms with Gasteiger partial charge in [-0.15, -0.1) is 0 Å². The van der Waals surface area contributed by atoms with Crippen LogP contribution in [0.3, 0.4) is 0 Å². The van der Waals surface area contributed by atoms with Crippen molar-refractivity contribution in [1.29, 1.82) is 0 Å². The summed E-state index contributed by atoms with van der Waals surface area (Å²) in [5.74, 6) is -1.53. The summed E-state index contributed by atoms with van der Waals surface area (Å²) in [4.78, 5) is 31.1. The smallest absolute Gasteiger partial charge is 0.345 e. The number of fused-ring (bicyclic) bond motifs is 1. The molecule has 33 heavy (non-hydrogen) atoms. The van der Waals surface area contributed by atoms with Gasteiger partial charge in [0.1, 0.15) is 23.1 Å². The van der Waals surface area contributed by atoms with Crippen molar-refractivity contribution in [3.8, 4) is 5.75 Å². The van der Waals surface area contributed by atoms with Gasteiger partial charge in [-0.3, -0.25) is 4.79 Å². The number of ether oxygens (including phenoxy) is 1. The molecule has 1 fully saturated rings. The van der Waals surface area contributed by atoms with Gasteiger partial charge in [-0.25, -0.2) is 19.1 Å². The fraction of sp³-hybridized carbons (Fsp3) is 0.238. The van der Waals surface area contributed by atoms with E-state index in [-0.39, 0.29) is 24.4 Å². The molecule has 0 unspecified atom stereocenters. The quantitative estimate of drug-likeness (QED) is 0.654. The van der Waals surface area contributed by atoms with Crippen LogP contribution in [0.2, 0.25) is 0 Å². The standard InChI is InChI=1S/C21H19F2N7O3/c22-12-1-3-13(4-2-12)24-21(32)25-19-15(9-30(20(19)31)10-18-26-28-29-27-18)14-7-11-5-6-33-17(11)8-16(14)23/h1-4,7-8,15H,5-6,9-10H2,(H4,24,25,26,27,28,29,31,32)/p-1/t15-/m0/s1. The zero-order valence-electron chi connectivity index (χ0n) is 17.1. The first-order valence-corrected chi connectivity index (χ1v) is 10.1. The Kier molecular flexibility index (Phi) is 5.34. The number of halogens is 2. The number of hydrogen-bond acceptors (Lipinski definition) is 6. The van der Waals surface area contributed by atoms with Crippen molar-refractivity contribution in [2.45, 2.75) is 12.3 Å². The summed E-state index contributed by atoms with van der Waals surface area (Å²) >= 11 is 0. The fourth-order valence-corrected chi connectivity index (χ4v) is 3.93. The molecule has 10 nitrogen and oxygen atoms in total. The van der Waals surface area contributed by atoms with Crippen molar-refractivity contribution in [2.75, 3.05) is 25.0 Å². The Morgan fingerprint density at radius 1 is 1.30 bits per heavy atom. The van der Waals surface area contributed by atoms with Crippen LogP contribution in [0.1, 0.15) is 17.0 Å². The van der Waals surface area contributed by atoms with Crippen LogP contribution in [0.4, 0.5) is 19.3 Å². The fourth-order valence-electron chi connectivity index (χ4n) is 3.93. The zero-order valence-corrected chi connectivity index (χ0v) is 17.1. The molecule has 3 heterocycles. The number of rotatable bonds is 4. The highest BCUT2D eigenvalue weighted by atomic mass is 19.1. The number of benzene rings is 2. The molecule has 2 aromatic rings. The summed E-state index contributed by atoms with van der Waals surface area (Å²) in [5, 5.41) is 6.39. The van der Waals surface area contributed by atoms with E-state index in [2.05, 4.69) is 31.9 Å². The average Bonchev–Trinajstić information content (AvgIpc) is 3.53. The normalized spacial score (nSPS) is 20.2. The van der Waals surface area contributed by atoms with Crippen LogP contribution in [0.25, 0.3) is 5.43 Å². The lowest BCUT2D eigenvalue weighted by molar-refractivity contribution is -0.121. The number of carbonyl (C=O) groups excluding carboxylic acids is 2. The predicted octanol–water partition coefficient (Wildman–Crippen LogP) is 2.21. The Morgan fingerprint density at radius 2 is 2.12 bits per heavy atom. The molecule has 0 aliphatic carbocycles. The van der Waals surface area contributed by atoms with Gasteiger partial charge in [0.05, 0.1) is 12.5 Å². The van der Waals surface area contributed by atoms with Crippen LogP contribution in [0, 0.1) is 11.6 Å². The lowest BCUT2D eigenvalue weighted by atomic mass is 9.93. The number of hydrazone groups is 1. The first-order valence-electron chi connectivity index (χ1n) is 10.1. The summed E-state index contributed by atoms with van der Waals surface area (Å²) in [5.41, 5.74) is 10.1. The van der Waals surface area contributed by atoms with Gasteiger partial charge in [-0.1, -0.05) is 0 Å². The molecule has 0 saturated carbocycles. The summed E-state index contributed by atoms with van der Waals surface area (Å²) in [6.07, 6.45) is 0.623. The van der Waals surface area contributed by atoms with E-state index >= 15 is 0 Å². The minimum atomic E-state index is -0.826. The summed E-state index contributed by atoms with van der Waals surface area (Å²) in [7, 11) is 0. The Labute approximate surface area is 186 Å². The van der Waals surface area contributed by atoms with Gasteiger partial charge in [0.2, 0.25) is 0 Å². The van der Waals surface area contributed by atoms with Crippen molar-refractivity contribution in [3.05, 3.63) is 64.6 Å². The molecule has 2 aromatic carbocycles. The Morgan fingerprint density at radius 3 is 2.88 bits per heavy atom. The molecule has 0 radical (unpaired) electrons. The average molecular weight is 454 g/mol. The van der Waals surface area contributed by atoms with Crippen molar-refractivity contribution in [3.63, 3.8) is 0 Å². The van der Waals surface area contributed by atoms with Crippen molar-refractivity contribution in [1.82, 2.24) is 16.0 Å². The minimum Gasteiger partial charge on any atom is -0.493 e. The molecule has 5 rings (SSSR count). The van der Waals surface area contributed by atoms with Crippen molar-refractivity contribution in [2.24, 2.45) is 10.1 Å². The lowest BCUT2D eigenvalue weighted by Crippen LogP contribution is -2.32. The number of urea groups is 1. The number of nitrogens with zero attached hydrogens (tertiary/aromatic N) is 4.